The summed E-state index contributed by atoms with van der Waals surface area (Å²) in [6, 6.07) is 19.5. The highest BCUT2D eigenvalue weighted by Gasteiger charge is 2.12. The van der Waals surface area contributed by atoms with Crippen molar-refractivity contribution in [2.45, 2.75) is 19.4 Å². The van der Waals surface area contributed by atoms with E-state index in [2.05, 4.69) is 34.6 Å². The van der Waals surface area contributed by atoms with Gasteiger partial charge in [-0.15, -0.1) is 0 Å². The molecule has 1 N–H and O–H groups in total. The molecule has 3 aromatic rings. The minimum atomic E-state index is 0.368. The summed E-state index contributed by atoms with van der Waals surface area (Å²) in [4.78, 5) is 4.40. The SMILES string of the molecule is COCCOc1ccnc(COc2cc[c]cc2-c2ccc3c(c2)CCNCC3)c1. The van der Waals surface area contributed by atoms with Crippen LogP contribution in [0.1, 0.15) is 16.8 Å². The van der Waals surface area contributed by atoms with Crippen LogP contribution in [0.4, 0.5) is 0 Å². The molecule has 5 nitrogen and oxygen atoms in total. The maximum absolute atomic E-state index is 6.15. The average molecular weight is 404 g/mol. The number of pyridine rings is 1. The minimum Gasteiger partial charge on any atom is -0.491 e. The van der Waals surface area contributed by atoms with Crippen molar-refractivity contribution in [2.75, 3.05) is 33.4 Å². The monoisotopic (exact) mass is 403 g/mol. The number of benzene rings is 2. The van der Waals surface area contributed by atoms with Gasteiger partial charge in [-0.05, 0) is 66.9 Å². The third kappa shape index (κ3) is 5.17. The van der Waals surface area contributed by atoms with Crippen molar-refractivity contribution in [3.05, 3.63) is 77.6 Å². The summed E-state index contributed by atoms with van der Waals surface area (Å²) in [5, 5.41) is 3.47. The molecule has 1 aromatic heterocycles. The molecule has 0 spiro atoms. The van der Waals surface area contributed by atoms with Gasteiger partial charge in [-0.2, -0.15) is 0 Å². The average Bonchev–Trinajstić information content (AvgIpc) is 3.03. The number of methoxy groups -OCH3 is 1. The van der Waals surface area contributed by atoms with Crippen LogP contribution in [0.25, 0.3) is 11.1 Å². The second kappa shape index (κ2) is 10.2. The highest BCUT2D eigenvalue weighted by Crippen LogP contribution is 2.32. The van der Waals surface area contributed by atoms with E-state index in [0.717, 1.165) is 54.3 Å². The first-order chi connectivity index (χ1) is 14.8. The van der Waals surface area contributed by atoms with Gasteiger partial charge in [-0.25, -0.2) is 0 Å². The van der Waals surface area contributed by atoms with Gasteiger partial charge in [0.05, 0.1) is 12.3 Å². The Balaban J connectivity index is 1.49. The highest BCUT2D eigenvalue weighted by molar-refractivity contribution is 5.71. The number of rotatable bonds is 8. The van der Waals surface area contributed by atoms with E-state index in [1.807, 2.05) is 30.3 Å². The van der Waals surface area contributed by atoms with Crippen LogP contribution in [-0.2, 0) is 24.2 Å². The molecular weight excluding hydrogens is 376 g/mol. The molecule has 0 aliphatic carbocycles. The number of hydrogen-bond donors (Lipinski definition) is 1. The first-order valence-electron chi connectivity index (χ1n) is 10.4. The Morgan fingerprint density at radius 2 is 1.90 bits per heavy atom. The highest BCUT2D eigenvalue weighted by atomic mass is 16.5. The van der Waals surface area contributed by atoms with E-state index in [1.54, 1.807) is 13.3 Å². The van der Waals surface area contributed by atoms with Crippen molar-refractivity contribution >= 4 is 0 Å². The predicted octanol–water partition coefficient (Wildman–Crippen LogP) is 3.84. The molecule has 0 amide bonds. The molecule has 4 rings (SSSR count). The van der Waals surface area contributed by atoms with Crippen molar-refractivity contribution in [1.82, 2.24) is 10.3 Å². The summed E-state index contributed by atoms with van der Waals surface area (Å²) in [7, 11) is 1.66. The number of hydrogen-bond acceptors (Lipinski definition) is 5. The van der Waals surface area contributed by atoms with Gasteiger partial charge >= 0.3 is 0 Å². The van der Waals surface area contributed by atoms with E-state index in [-0.39, 0.29) is 0 Å². The van der Waals surface area contributed by atoms with Gasteiger partial charge in [0.1, 0.15) is 24.7 Å². The molecule has 0 unspecified atom stereocenters. The first kappa shape index (κ1) is 20.4. The van der Waals surface area contributed by atoms with E-state index in [9.17, 15) is 0 Å². The quantitative estimate of drug-likeness (QED) is 0.579. The number of ether oxygens (including phenoxy) is 3. The summed E-state index contributed by atoms with van der Waals surface area (Å²) >= 11 is 0. The fourth-order valence-electron chi connectivity index (χ4n) is 3.63. The van der Waals surface area contributed by atoms with Crippen molar-refractivity contribution in [3.63, 3.8) is 0 Å². The Bertz CT molecular complexity index is 974. The normalized spacial score (nSPS) is 13.4. The molecule has 0 saturated heterocycles. The van der Waals surface area contributed by atoms with Crippen LogP contribution in [0.3, 0.4) is 0 Å². The molecule has 2 aromatic carbocycles. The molecule has 1 aliphatic heterocycles. The molecule has 0 atom stereocenters. The van der Waals surface area contributed by atoms with E-state index in [0.29, 0.717) is 19.8 Å². The number of nitrogens with zero attached hydrogens (tertiary/aromatic N) is 1. The lowest BCUT2D eigenvalue weighted by molar-refractivity contribution is 0.146. The van der Waals surface area contributed by atoms with Crippen LogP contribution < -0.4 is 14.8 Å². The largest absolute Gasteiger partial charge is 0.491 e. The summed E-state index contributed by atoms with van der Waals surface area (Å²) in [5.74, 6) is 1.59. The van der Waals surface area contributed by atoms with Gasteiger partial charge in [0.25, 0.3) is 0 Å². The Morgan fingerprint density at radius 1 is 1.00 bits per heavy atom. The Morgan fingerprint density at radius 3 is 2.80 bits per heavy atom. The lowest BCUT2D eigenvalue weighted by atomic mass is 9.96. The van der Waals surface area contributed by atoms with E-state index >= 15 is 0 Å². The molecule has 1 aliphatic rings. The van der Waals surface area contributed by atoms with Crippen molar-refractivity contribution in [2.24, 2.45) is 0 Å². The van der Waals surface area contributed by atoms with Gasteiger partial charge in [0.15, 0.2) is 0 Å². The lowest BCUT2D eigenvalue weighted by Gasteiger charge is -2.14. The topological polar surface area (TPSA) is 52.6 Å². The molecule has 0 bridgehead atoms. The van der Waals surface area contributed by atoms with Crippen LogP contribution in [0, 0.1) is 6.07 Å². The van der Waals surface area contributed by atoms with Gasteiger partial charge in [-0.1, -0.05) is 24.3 Å². The maximum atomic E-state index is 6.15. The number of fused-ring (bicyclic) bond motifs is 1. The summed E-state index contributed by atoms with van der Waals surface area (Å²) in [5.41, 5.74) is 5.87. The first-order valence-corrected chi connectivity index (χ1v) is 10.4. The molecule has 5 heteroatoms. The molecular formula is C25H27N2O3. The number of nitrogens with one attached hydrogen (secondary N) is 1. The van der Waals surface area contributed by atoms with Crippen molar-refractivity contribution in [3.8, 4) is 22.6 Å². The fourth-order valence-corrected chi connectivity index (χ4v) is 3.63. The molecule has 0 saturated carbocycles. The molecule has 30 heavy (non-hydrogen) atoms. The zero-order valence-corrected chi connectivity index (χ0v) is 17.3. The van der Waals surface area contributed by atoms with Gasteiger partial charge < -0.3 is 19.5 Å². The second-order valence-corrected chi connectivity index (χ2v) is 7.27. The molecule has 155 valence electrons. The lowest BCUT2D eigenvalue weighted by Crippen LogP contribution is -2.16. The standard InChI is InChI=1S/C25H27N2O3/c1-28-14-15-29-23-10-13-27-22(17-23)18-30-25-5-3-2-4-24(25)21-7-6-19-8-11-26-12-9-20(19)16-21/h3-7,10,13,16-17,26H,8-9,11-12,14-15,18H2,1H3. The Labute approximate surface area is 178 Å². The Hall–Kier alpha value is -2.89. The zero-order chi connectivity index (χ0) is 20.6. The maximum Gasteiger partial charge on any atom is 0.130 e. The van der Waals surface area contributed by atoms with E-state index in [1.165, 1.54) is 11.1 Å². The Kier molecular flexibility index (Phi) is 6.95. The van der Waals surface area contributed by atoms with E-state index < -0.39 is 0 Å². The third-order valence-electron chi connectivity index (χ3n) is 5.20. The molecule has 0 fully saturated rings. The summed E-state index contributed by atoms with van der Waals surface area (Å²) in [6.45, 7) is 3.49. The van der Waals surface area contributed by atoms with Crippen LogP contribution >= 0.6 is 0 Å². The number of aromatic nitrogens is 1. The fraction of sp³-hybridized carbons (Fsp3) is 0.320. The van der Waals surface area contributed by atoms with Crippen LogP contribution in [0.5, 0.6) is 11.5 Å². The third-order valence-corrected chi connectivity index (χ3v) is 5.20. The smallest absolute Gasteiger partial charge is 0.130 e. The molecule has 2 heterocycles. The van der Waals surface area contributed by atoms with Crippen LogP contribution in [0.2, 0.25) is 0 Å². The molecule has 1 radical (unpaired) electrons. The van der Waals surface area contributed by atoms with Gasteiger partial charge in [-0.3, -0.25) is 4.98 Å². The minimum absolute atomic E-state index is 0.368. The zero-order valence-electron chi connectivity index (χ0n) is 17.3. The van der Waals surface area contributed by atoms with Crippen LogP contribution in [-0.4, -0.2) is 38.4 Å². The van der Waals surface area contributed by atoms with Crippen molar-refractivity contribution in [1.29, 1.82) is 0 Å². The predicted molar refractivity (Wildman–Crippen MR) is 117 cm³/mol. The summed E-state index contributed by atoms with van der Waals surface area (Å²) in [6.07, 6.45) is 3.87. The van der Waals surface area contributed by atoms with Crippen molar-refractivity contribution < 1.29 is 14.2 Å². The summed E-state index contributed by atoms with van der Waals surface area (Å²) < 4.78 is 16.8. The second-order valence-electron chi connectivity index (χ2n) is 7.27. The van der Waals surface area contributed by atoms with Crippen LogP contribution in [0.15, 0.2) is 54.7 Å². The van der Waals surface area contributed by atoms with Gasteiger partial charge in [0, 0.05) is 24.9 Å². The van der Waals surface area contributed by atoms with E-state index in [4.69, 9.17) is 14.2 Å². The van der Waals surface area contributed by atoms with Gasteiger partial charge in [0.2, 0.25) is 0 Å².